The second-order valence-electron chi connectivity index (χ2n) is 5.92. The summed E-state index contributed by atoms with van der Waals surface area (Å²) in [5, 5.41) is 17.2. The zero-order valence-electron chi connectivity index (χ0n) is 15.9. The SMILES string of the molecule is CCOc1cc(/C=N\NC(=O)c2ccccc2NS(=O)(=O)c2cccs2)ccc1[O-]. The summed E-state index contributed by atoms with van der Waals surface area (Å²) in [6, 6.07) is 13.7. The summed E-state index contributed by atoms with van der Waals surface area (Å²) in [6.07, 6.45) is 1.36. The number of carbonyl (C=O) groups is 1. The number of ether oxygens (including phenoxy) is 1. The number of para-hydroxylation sites is 1. The van der Waals surface area contributed by atoms with Crippen LogP contribution in [0.4, 0.5) is 5.69 Å². The molecule has 10 heteroatoms. The van der Waals surface area contributed by atoms with Crippen molar-refractivity contribution in [3.05, 3.63) is 71.1 Å². The van der Waals surface area contributed by atoms with Crippen LogP contribution in [0.1, 0.15) is 22.8 Å². The minimum Gasteiger partial charge on any atom is -0.870 e. The molecule has 0 aliphatic carbocycles. The first-order chi connectivity index (χ1) is 14.4. The second kappa shape index (κ2) is 9.42. The standard InChI is InChI=1S/C20H19N3O5S2/c1-2-28-18-12-14(9-10-17(18)24)13-21-22-20(25)15-6-3-4-7-16(15)23-30(26,27)19-8-5-11-29-19/h3-13,23-24H,2H2,1H3,(H,22,25)/p-1/b21-13-. The Morgan fingerprint density at radius 1 is 1.20 bits per heavy atom. The third-order valence-electron chi connectivity index (χ3n) is 3.82. The van der Waals surface area contributed by atoms with Gasteiger partial charge in [-0.25, -0.2) is 13.8 Å². The third-order valence-corrected chi connectivity index (χ3v) is 6.59. The van der Waals surface area contributed by atoms with E-state index in [1.54, 1.807) is 36.6 Å². The molecule has 0 fully saturated rings. The van der Waals surface area contributed by atoms with Gasteiger partial charge in [0.1, 0.15) is 9.96 Å². The largest absolute Gasteiger partial charge is 0.870 e. The molecule has 0 saturated carbocycles. The Bertz CT molecular complexity index is 1160. The van der Waals surface area contributed by atoms with Crippen LogP contribution in [0.15, 0.2) is 69.3 Å². The van der Waals surface area contributed by atoms with Crippen molar-refractivity contribution >= 4 is 39.2 Å². The number of nitrogens with one attached hydrogen (secondary N) is 2. The van der Waals surface area contributed by atoms with Crippen LogP contribution in [0.25, 0.3) is 0 Å². The van der Waals surface area contributed by atoms with Crippen molar-refractivity contribution < 1.29 is 23.1 Å². The summed E-state index contributed by atoms with van der Waals surface area (Å²) >= 11 is 1.07. The van der Waals surface area contributed by atoms with Gasteiger partial charge < -0.3 is 9.84 Å². The molecule has 156 valence electrons. The van der Waals surface area contributed by atoms with Crippen LogP contribution in [0, 0.1) is 0 Å². The Labute approximate surface area is 177 Å². The van der Waals surface area contributed by atoms with Crippen LogP contribution in [0.2, 0.25) is 0 Å². The van der Waals surface area contributed by atoms with Crippen LogP contribution in [0.5, 0.6) is 11.5 Å². The van der Waals surface area contributed by atoms with Gasteiger partial charge >= 0.3 is 0 Å². The number of rotatable bonds is 8. The molecule has 0 aliphatic heterocycles. The molecule has 1 aromatic heterocycles. The van der Waals surface area contributed by atoms with E-state index in [0.29, 0.717) is 12.2 Å². The Morgan fingerprint density at radius 2 is 2.00 bits per heavy atom. The van der Waals surface area contributed by atoms with Gasteiger partial charge in [-0.05, 0) is 42.1 Å². The molecule has 30 heavy (non-hydrogen) atoms. The Morgan fingerprint density at radius 3 is 2.73 bits per heavy atom. The number of hydrazone groups is 1. The number of anilines is 1. The lowest BCUT2D eigenvalue weighted by molar-refractivity contribution is -0.270. The van der Waals surface area contributed by atoms with Crippen LogP contribution >= 0.6 is 11.3 Å². The Hall–Kier alpha value is -3.37. The molecule has 2 N–H and O–H groups in total. The molecule has 0 unspecified atom stereocenters. The molecule has 3 aromatic rings. The van der Waals surface area contributed by atoms with Gasteiger partial charge in [0, 0.05) is 0 Å². The van der Waals surface area contributed by atoms with E-state index < -0.39 is 15.9 Å². The lowest BCUT2D eigenvalue weighted by atomic mass is 10.2. The molecule has 0 atom stereocenters. The van der Waals surface area contributed by atoms with Crippen LogP contribution in [-0.2, 0) is 10.0 Å². The predicted octanol–water partition coefficient (Wildman–Crippen LogP) is 2.79. The summed E-state index contributed by atoms with van der Waals surface area (Å²) < 4.78 is 32.7. The van der Waals surface area contributed by atoms with E-state index in [1.165, 1.54) is 36.5 Å². The Balaban J connectivity index is 1.74. The quantitative estimate of drug-likeness (QED) is 0.409. The highest BCUT2D eigenvalue weighted by Crippen LogP contribution is 2.24. The van der Waals surface area contributed by atoms with Gasteiger partial charge in [-0.15, -0.1) is 11.3 Å². The fraction of sp³-hybridized carbons (Fsp3) is 0.100. The van der Waals surface area contributed by atoms with Crippen molar-refractivity contribution in [3.8, 4) is 11.5 Å². The first kappa shape index (κ1) is 21.3. The predicted molar refractivity (Wildman–Crippen MR) is 114 cm³/mol. The van der Waals surface area contributed by atoms with Gasteiger partial charge in [-0.2, -0.15) is 5.10 Å². The number of nitrogens with zero attached hydrogens (tertiary/aromatic N) is 1. The van der Waals surface area contributed by atoms with Gasteiger partial charge in [-0.3, -0.25) is 9.52 Å². The zero-order valence-corrected chi connectivity index (χ0v) is 17.5. The number of hydrogen-bond acceptors (Lipinski definition) is 7. The molecule has 0 aliphatic rings. The van der Waals surface area contributed by atoms with E-state index in [-0.39, 0.29) is 27.0 Å². The fourth-order valence-corrected chi connectivity index (χ4v) is 4.55. The summed E-state index contributed by atoms with van der Waals surface area (Å²) in [6.45, 7) is 2.12. The molecule has 1 amide bonds. The molecule has 0 saturated heterocycles. The zero-order chi connectivity index (χ0) is 21.6. The second-order valence-corrected chi connectivity index (χ2v) is 8.78. The van der Waals surface area contributed by atoms with Crippen LogP contribution < -0.4 is 20.0 Å². The van der Waals surface area contributed by atoms with Crippen molar-refractivity contribution in [1.82, 2.24) is 5.43 Å². The molecular formula is C20H18N3O5S2-. The average Bonchev–Trinajstić information content (AvgIpc) is 3.26. The number of amides is 1. The lowest BCUT2D eigenvalue weighted by Crippen LogP contribution is -2.21. The maximum Gasteiger partial charge on any atom is 0.273 e. The molecule has 0 radical (unpaired) electrons. The highest BCUT2D eigenvalue weighted by molar-refractivity contribution is 7.94. The van der Waals surface area contributed by atoms with Crippen molar-refractivity contribution in [2.75, 3.05) is 11.3 Å². The lowest BCUT2D eigenvalue weighted by Gasteiger charge is -2.13. The number of hydrogen-bond donors (Lipinski definition) is 2. The number of benzene rings is 2. The van der Waals surface area contributed by atoms with Crippen LogP contribution in [0.3, 0.4) is 0 Å². The molecule has 8 nitrogen and oxygen atoms in total. The van der Waals surface area contributed by atoms with Gasteiger partial charge in [-0.1, -0.05) is 36.1 Å². The normalized spacial score (nSPS) is 11.4. The fourth-order valence-electron chi connectivity index (χ4n) is 2.48. The highest BCUT2D eigenvalue weighted by Gasteiger charge is 2.19. The molecule has 3 rings (SSSR count). The minimum atomic E-state index is -3.80. The van der Waals surface area contributed by atoms with Crippen LogP contribution in [-0.4, -0.2) is 27.1 Å². The topological polar surface area (TPSA) is 120 Å². The smallest absolute Gasteiger partial charge is 0.273 e. The van der Waals surface area contributed by atoms with Crippen molar-refractivity contribution in [3.63, 3.8) is 0 Å². The van der Waals surface area contributed by atoms with Gasteiger partial charge in [0.25, 0.3) is 15.9 Å². The van der Waals surface area contributed by atoms with Crippen molar-refractivity contribution in [2.24, 2.45) is 5.10 Å². The number of thiophene rings is 1. The number of carbonyl (C=O) groups excluding carboxylic acids is 1. The van der Waals surface area contributed by atoms with Gasteiger partial charge in [0.2, 0.25) is 0 Å². The van der Waals surface area contributed by atoms with Gasteiger partial charge in [0.05, 0.1) is 24.1 Å². The summed E-state index contributed by atoms with van der Waals surface area (Å²) in [4.78, 5) is 12.5. The molecule has 2 aromatic carbocycles. The molecular weight excluding hydrogens is 426 g/mol. The number of sulfonamides is 1. The average molecular weight is 445 g/mol. The van der Waals surface area contributed by atoms with Crippen molar-refractivity contribution in [2.45, 2.75) is 11.1 Å². The van der Waals surface area contributed by atoms with E-state index in [1.807, 2.05) is 0 Å². The summed E-state index contributed by atoms with van der Waals surface area (Å²) in [5.41, 5.74) is 3.16. The minimum absolute atomic E-state index is 0.111. The van der Waals surface area contributed by atoms with Crippen molar-refractivity contribution in [1.29, 1.82) is 0 Å². The summed E-state index contributed by atoms with van der Waals surface area (Å²) in [7, 11) is -3.80. The Kier molecular flexibility index (Phi) is 6.70. The maximum absolute atomic E-state index is 12.5. The first-order valence-corrected chi connectivity index (χ1v) is 11.2. The van der Waals surface area contributed by atoms with E-state index in [0.717, 1.165) is 11.3 Å². The molecule has 0 spiro atoms. The highest BCUT2D eigenvalue weighted by atomic mass is 32.2. The van der Waals surface area contributed by atoms with E-state index in [9.17, 15) is 18.3 Å². The monoisotopic (exact) mass is 444 g/mol. The van der Waals surface area contributed by atoms with E-state index >= 15 is 0 Å². The molecule has 0 bridgehead atoms. The summed E-state index contributed by atoms with van der Waals surface area (Å²) in [5.74, 6) is -0.646. The van der Waals surface area contributed by atoms with E-state index in [2.05, 4.69) is 15.2 Å². The molecule has 1 heterocycles. The first-order valence-electron chi connectivity index (χ1n) is 8.83. The maximum atomic E-state index is 12.5. The third kappa shape index (κ3) is 5.16. The van der Waals surface area contributed by atoms with E-state index in [4.69, 9.17) is 4.74 Å². The van der Waals surface area contributed by atoms with Gasteiger partial charge in [0.15, 0.2) is 0 Å².